The molecule has 0 unspecified atom stereocenters. The van der Waals surface area contributed by atoms with Crippen molar-refractivity contribution in [1.82, 2.24) is 15.0 Å². The molecule has 0 amide bonds. The fraction of sp³-hybridized carbons (Fsp3) is 0.296. The van der Waals surface area contributed by atoms with Crippen LogP contribution >= 0.6 is 0 Å². The number of para-hydroxylation sites is 2. The summed E-state index contributed by atoms with van der Waals surface area (Å²) in [6, 6.07) is 20.0. The number of hydrogen-bond acceptors (Lipinski definition) is 6. The number of pyridine rings is 1. The summed E-state index contributed by atoms with van der Waals surface area (Å²) in [6.07, 6.45) is 5.77. The van der Waals surface area contributed by atoms with Gasteiger partial charge in [-0.15, -0.1) is 0 Å². The van der Waals surface area contributed by atoms with E-state index in [0.717, 1.165) is 52.9 Å². The summed E-state index contributed by atoms with van der Waals surface area (Å²) in [6.45, 7) is 5.05. The van der Waals surface area contributed by atoms with E-state index in [1.807, 2.05) is 54.7 Å². The Labute approximate surface area is 194 Å². The van der Waals surface area contributed by atoms with Crippen LogP contribution in [0.3, 0.4) is 0 Å². The van der Waals surface area contributed by atoms with Crippen LogP contribution in [0.4, 0.5) is 0 Å². The lowest BCUT2D eigenvalue weighted by Gasteiger charge is -2.11. The van der Waals surface area contributed by atoms with Gasteiger partial charge in [-0.2, -0.15) is 0 Å². The molecule has 0 aliphatic carbocycles. The van der Waals surface area contributed by atoms with Gasteiger partial charge in [-0.05, 0) is 36.2 Å². The summed E-state index contributed by atoms with van der Waals surface area (Å²) in [4.78, 5) is 13.7. The summed E-state index contributed by atoms with van der Waals surface area (Å²) in [5.41, 5.74) is 5.61. The maximum atomic E-state index is 5.90. The number of aromatic nitrogens is 3. The minimum absolute atomic E-state index is 0.434. The van der Waals surface area contributed by atoms with Crippen molar-refractivity contribution in [2.45, 2.75) is 19.8 Å². The van der Waals surface area contributed by atoms with E-state index < -0.39 is 0 Å². The van der Waals surface area contributed by atoms with Gasteiger partial charge in [0.1, 0.15) is 6.61 Å². The minimum Gasteiger partial charge on any atom is -0.475 e. The second-order valence-corrected chi connectivity index (χ2v) is 7.60. The summed E-state index contributed by atoms with van der Waals surface area (Å²) in [5.74, 6) is 0.596. The molecule has 0 fully saturated rings. The van der Waals surface area contributed by atoms with Crippen molar-refractivity contribution >= 4 is 11.0 Å². The lowest BCUT2D eigenvalue weighted by atomic mass is 10.0. The standard InChI is InChI=1S/C27H29N3O3/c1-2-3-15-31-16-17-32-18-19-33-27-23(7-6-14-28-27)21-10-12-22(13-11-21)26-20-29-24-8-4-5-9-25(24)30-26/h4-14,20H,2-3,15-19H2,1H3. The number of benzene rings is 2. The number of hydrogen-bond donors (Lipinski definition) is 0. The molecule has 0 bridgehead atoms. The van der Waals surface area contributed by atoms with Crippen LogP contribution in [0.5, 0.6) is 5.88 Å². The lowest BCUT2D eigenvalue weighted by molar-refractivity contribution is 0.0351. The topological polar surface area (TPSA) is 66.4 Å². The van der Waals surface area contributed by atoms with Crippen molar-refractivity contribution in [2.75, 3.05) is 33.0 Å². The molecule has 2 heterocycles. The molecule has 4 aromatic rings. The molecule has 0 saturated heterocycles. The van der Waals surface area contributed by atoms with Gasteiger partial charge in [0.05, 0.1) is 42.7 Å². The Morgan fingerprint density at radius 1 is 0.697 bits per heavy atom. The molecule has 4 rings (SSSR count). The highest BCUT2D eigenvalue weighted by molar-refractivity contribution is 5.78. The van der Waals surface area contributed by atoms with E-state index in [4.69, 9.17) is 19.2 Å². The molecule has 0 saturated carbocycles. The second kappa shape index (κ2) is 12.0. The fourth-order valence-electron chi connectivity index (χ4n) is 3.41. The van der Waals surface area contributed by atoms with Crippen LogP contribution < -0.4 is 4.74 Å². The van der Waals surface area contributed by atoms with Gasteiger partial charge in [0.2, 0.25) is 5.88 Å². The summed E-state index contributed by atoms with van der Waals surface area (Å²) >= 11 is 0. The molecule has 0 aliphatic rings. The first-order valence-corrected chi connectivity index (χ1v) is 11.4. The highest BCUT2D eigenvalue weighted by Crippen LogP contribution is 2.29. The molecular weight excluding hydrogens is 414 g/mol. The van der Waals surface area contributed by atoms with Gasteiger partial charge < -0.3 is 14.2 Å². The summed E-state index contributed by atoms with van der Waals surface area (Å²) in [5, 5.41) is 0. The average Bonchev–Trinajstić information content (AvgIpc) is 2.88. The minimum atomic E-state index is 0.434. The van der Waals surface area contributed by atoms with Crippen LogP contribution in [-0.4, -0.2) is 48.0 Å². The van der Waals surface area contributed by atoms with E-state index in [2.05, 4.69) is 29.0 Å². The Morgan fingerprint density at radius 2 is 1.42 bits per heavy atom. The molecule has 6 heteroatoms. The molecule has 0 aliphatic heterocycles. The molecule has 0 spiro atoms. The predicted octanol–water partition coefficient (Wildman–Crippen LogP) is 5.57. The van der Waals surface area contributed by atoms with Gasteiger partial charge in [-0.3, -0.25) is 4.98 Å². The predicted molar refractivity (Wildman–Crippen MR) is 130 cm³/mol. The van der Waals surface area contributed by atoms with Gasteiger partial charge >= 0.3 is 0 Å². The zero-order valence-corrected chi connectivity index (χ0v) is 18.9. The maximum Gasteiger partial charge on any atom is 0.221 e. The van der Waals surface area contributed by atoms with E-state index in [1.54, 1.807) is 6.20 Å². The molecule has 0 atom stereocenters. The maximum absolute atomic E-state index is 5.90. The molecule has 2 aromatic heterocycles. The van der Waals surface area contributed by atoms with E-state index >= 15 is 0 Å². The van der Waals surface area contributed by atoms with Gasteiger partial charge in [0.25, 0.3) is 0 Å². The fourth-order valence-corrected chi connectivity index (χ4v) is 3.41. The molecule has 2 aromatic carbocycles. The van der Waals surface area contributed by atoms with Gasteiger partial charge in [0, 0.05) is 23.9 Å². The first-order valence-electron chi connectivity index (χ1n) is 11.4. The van der Waals surface area contributed by atoms with Crippen LogP contribution in [0.2, 0.25) is 0 Å². The number of nitrogens with zero attached hydrogens (tertiary/aromatic N) is 3. The quantitative estimate of drug-likeness (QED) is 0.267. The Balaban J connectivity index is 1.35. The number of rotatable bonds is 12. The Kier molecular flexibility index (Phi) is 8.33. The van der Waals surface area contributed by atoms with Crippen molar-refractivity contribution in [3.8, 4) is 28.3 Å². The molecule has 170 valence electrons. The molecule has 6 nitrogen and oxygen atoms in total. The second-order valence-electron chi connectivity index (χ2n) is 7.60. The van der Waals surface area contributed by atoms with E-state index in [0.29, 0.717) is 32.3 Å². The number of unbranched alkanes of at least 4 members (excludes halogenated alkanes) is 1. The van der Waals surface area contributed by atoms with Crippen molar-refractivity contribution in [3.63, 3.8) is 0 Å². The monoisotopic (exact) mass is 443 g/mol. The van der Waals surface area contributed by atoms with E-state index in [9.17, 15) is 0 Å². The van der Waals surface area contributed by atoms with Crippen LogP contribution in [0.15, 0.2) is 73.1 Å². The molecule has 0 radical (unpaired) electrons. The van der Waals surface area contributed by atoms with Gasteiger partial charge in [0.15, 0.2) is 0 Å². The van der Waals surface area contributed by atoms with E-state index in [-0.39, 0.29) is 0 Å². The Bertz CT molecular complexity index is 1150. The summed E-state index contributed by atoms with van der Waals surface area (Å²) < 4.78 is 17.0. The van der Waals surface area contributed by atoms with Crippen LogP contribution in [0.1, 0.15) is 19.8 Å². The Morgan fingerprint density at radius 3 is 2.24 bits per heavy atom. The highest BCUT2D eigenvalue weighted by atomic mass is 16.5. The van der Waals surface area contributed by atoms with Crippen LogP contribution in [0, 0.1) is 0 Å². The molecule has 0 N–H and O–H groups in total. The first kappa shape index (κ1) is 22.8. The van der Waals surface area contributed by atoms with Crippen molar-refractivity contribution < 1.29 is 14.2 Å². The third-order valence-corrected chi connectivity index (χ3v) is 5.19. The average molecular weight is 444 g/mol. The van der Waals surface area contributed by atoms with Gasteiger partial charge in [-0.25, -0.2) is 9.97 Å². The molecular formula is C27H29N3O3. The van der Waals surface area contributed by atoms with Crippen LogP contribution in [-0.2, 0) is 9.47 Å². The zero-order valence-electron chi connectivity index (χ0n) is 18.9. The van der Waals surface area contributed by atoms with E-state index in [1.165, 1.54) is 0 Å². The van der Waals surface area contributed by atoms with Crippen LogP contribution in [0.25, 0.3) is 33.4 Å². The highest BCUT2D eigenvalue weighted by Gasteiger charge is 2.09. The zero-order chi connectivity index (χ0) is 22.7. The molecule has 33 heavy (non-hydrogen) atoms. The largest absolute Gasteiger partial charge is 0.475 e. The van der Waals surface area contributed by atoms with Crippen molar-refractivity contribution in [3.05, 3.63) is 73.1 Å². The lowest BCUT2D eigenvalue weighted by Crippen LogP contribution is -2.12. The third kappa shape index (κ3) is 6.34. The SMILES string of the molecule is CCCCOCCOCCOc1ncccc1-c1ccc(-c2cnc3ccccc3n2)cc1. The third-order valence-electron chi connectivity index (χ3n) is 5.19. The Hall–Kier alpha value is -3.35. The summed E-state index contributed by atoms with van der Waals surface area (Å²) in [7, 11) is 0. The number of ether oxygens (including phenoxy) is 3. The number of fused-ring (bicyclic) bond motifs is 1. The van der Waals surface area contributed by atoms with Gasteiger partial charge in [-0.1, -0.05) is 49.7 Å². The van der Waals surface area contributed by atoms with Crippen molar-refractivity contribution in [1.29, 1.82) is 0 Å². The first-order chi connectivity index (χ1) is 16.3. The van der Waals surface area contributed by atoms with Crippen molar-refractivity contribution in [2.24, 2.45) is 0 Å². The smallest absolute Gasteiger partial charge is 0.221 e. The normalized spacial score (nSPS) is 11.1.